The number of nitrogens with two attached hydrogens (primary N) is 1. The van der Waals surface area contributed by atoms with Crippen molar-refractivity contribution in [1.29, 1.82) is 5.26 Å². The van der Waals surface area contributed by atoms with Crippen molar-refractivity contribution in [3.05, 3.63) is 71.7 Å². The molecule has 3 N–H and O–H groups in total. The van der Waals surface area contributed by atoms with E-state index in [9.17, 15) is 15.2 Å². The van der Waals surface area contributed by atoms with E-state index in [-0.39, 0.29) is 12.0 Å². The summed E-state index contributed by atoms with van der Waals surface area (Å²) in [5, 5.41) is 27.2. The quantitative estimate of drug-likeness (QED) is 0.390. The molecule has 4 aromatic rings. The number of aliphatic carboxylic acids is 1. The largest absolute Gasteiger partial charge is 0.480 e. The molecule has 37 heavy (non-hydrogen) atoms. The highest BCUT2D eigenvalue weighted by Crippen LogP contribution is 2.29. The molecule has 1 saturated heterocycles. The highest BCUT2D eigenvalue weighted by Gasteiger charge is 2.34. The number of hydrogen-bond donors (Lipinski definition) is 2. The Morgan fingerprint density at radius 2 is 1.97 bits per heavy atom. The fourth-order valence-corrected chi connectivity index (χ4v) is 4.66. The van der Waals surface area contributed by atoms with Crippen LogP contribution in [-0.2, 0) is 11.3 Å². The highest BCUT2D eigenvalue weighted by atomic mass is 16.4. The van der Waals surface area contributed by atoms with E-state index in [1.807, 2.05) is 36.1 Å². The SMILES string of the molecule is C[C@@H](c1cccc(Cn2cc(-c3cc(-c4cccc(C#N)c4)nc(N)n3)nn2)n1)N1CCCC1C(=O)O. The van der Waals surface area contributed by atoms with Gasteiger partial charge in [-0.05, 0) is 56.6 Å². The summed E-state index contributed by atoms with van der Waals surface area (Å²) in [5.74, 6) is -0.698. The molecule has 0 aliphatic carbocycles. The van der Waals surface area contributed by atoms with Crippen LogP contribution in [0.5, 0.6) is 0 Å². The van der Waals surface area contributed by atoms with E-state index >= 15 is 0 Å². The molecular formula is C26H25N9O2. The predicted molar refractivity (Wildman–Crippen MR) is 135 cm³/mol. The Labute approximate surface area is 213 Å². The number of benzene rings is 1. The van der Waals surface area contributed by atoms with Crippen LogP contribution in [0.15, 0.2) is 54.7 Å². The molecule has 1 fully saturated rings. The van der Waals surface area contributed by atoms with Crippen LogP contribution in [-0.4, -0.2) is 58.5 Å². The first-order valence-corrected chi connectivity index (χ1v) is 11.9. The maximum absolute atomic E-state index is 11.6. The van der Waals surface area contributed by atoms with Crippen molar-refractivity contribution in [1.82, 2.24) is 34.8 Å². The summed E-state index contributed by atoms with van der Waals surface area (Å²) in [4.78, 5) is 27.0. The smallest absolute Gasteiger partial charge is 0.320 e. The number of aromatic nitrogens is 6. The van der Waals surface area contributed by atoms with Crippen molar-refractivity contribution in [2.75, 3.05) is 12.3 Å². The normalized spacial score (nSPS) is 16.4. The highest BCUT2D eigenvalue weighted by molar-refractivity contribution is 5.74. The van der Waals surface area contributed by atoms with E-state index in [1.165, 1.54) is 0 Å². The van der Waals surface area contributed by atoms with E-state index in [0.717, 1.165) is 29.9 Å². The standard InChI is InChI=1S/C26H25N9O2/c1-16(35-10-4-9-24(35)25(36)37)20-8-3-7-19(29-20)14-34-15-23(32-33-34)22-12-21(30-26(28)31-22)18-6-2-5-17(11-18)13-27/h2-3,5-8,11-12,15-16,24H,4,9-10,14H2,1H3,(H,36,37)(H2,28,30,31)/t16-,24?/m0/s1. The van der Waals surface area contributed by atoms with Gasteiger partial charge in [-0.2, -0.15) is 5.26 Å². The van der Waals surface area contributed by atoms with Crippen LogP contribution in [0.25, 0.3) is 22.6 Å². The van der Waals surface area contributed by atoms with Crippen LogP contribution >= 0.6 is 0 Å². The second-order valence-electron chi connectivity index (χ2n) is 8.95. The minimum Gasteiger partial charge on any atom is -0.480 e. The van der Waals surface area contributed by atoms with Gasteiger partial charge >= 0.3 is 5.97 Å². The number of anilines is 1. The van der Waals surface area contributed by atoms with Gasteiger partial charge < -0.3 is 10.8 Å². The molecule has 0 radical (unpaired) electrons. The zero-order valence-electron chi connectivity index (χ0n) is 20.2. The minimum absolute atomic E-state index is 0.0920. The Balaban J connectivity index is 1.36. The first kappa shape index (κ1) is 24.0. The molecule has 186 valence electrons. The van der Waals surface area contributed by atoms with Gasteiger partial charge in [0, 0.05) is 5.56 Å². The summed E-state index contributed by atoms with van der Waals surface area (Å²) in [6.07, 6.45) is 3.28. The number of carboxylic acid groups (broad SMARTS) is 1. The molecule has 0 saturated carbocycles. The Bertz CT molecular complexity index is 1490. The van der Waals surface area contributed by atoms with Crippen molar-refractivity contribution in [2.45, 2.75) is 38.4 Å². The third-order valence-electron chi connectivity index (χ3n) is 6.49. The van der Waals surface area contributed by atoms with Crippen LogP contribution in [0.3, 0.4) is 0 Å². The maximum atomic E-state index is 11.6. The van der Waals surface area contributed by atoms with Gasteiger partial charge in [-0.1, -0.05) is 23.4 Å². The molecule has 1 aromatic carbocycles. The van der Waals surface area contributed by atoms with E-state index in [0.29, 0.717) is 35.6 Å². The van der Waals surface area contributed by atoms with Gasteiger partial charge in [0.25, 0.3) is 0 Å². The van der Waals surface area contributed by atoms with E-state index in [1.54, 1.807) is 35.1 Å². The molecule has 5 rings (SSSR count). The number of hydrogen-bond acceptors (Lipinski definition) is 9. The van der Waals surface area contributed by atoms with Gasteiger partial charge in [0.1, 0.15) is 11.7 Å². The number of nitriles is 1. The monoisotopic (exact) mass is 495 g/mol. The third-order valence-corrected chi connectivity index (χ3v) is 6.49. The van der Waals surface area contributed by atoms with E-state index in [2.05, 4.69) is 26.3 Å². The Kier molecular flexibility index (Phi) is 6.57. The lowest BCUT2D eigenvalue weighted by Gasteiger charge is -2.28. The van der Waals surface area contributed by atoms with Gasteiger partial charge in [-0.15, -0.1) is 5.10 Å². The maximum Gasteiger partial charge on any atom is 0.320 e. The summed E-state index contributed by atoms with van der Waals surface area (Å²) in [7, 11) is 0. The fraction of sp³-hybridized carbons (Fsp3) is 0.269. The number of carboxylic acids is 1. The van der Waals surface area contributed by atoms with Crippen molar-refractivity contribution < 1.29 is 9.90 Å². The Morgan fingerprint density at radius 1 is 1.16 bits per heavy atom. The second-order valence-corrected chi connectivity index (χ2v) is 8.95. The number of nitrogen functional groups attached to an aromatic ring is 1. The summed E-state index contributed by atoms with van der Waals surface area (Å²) < 4.78 is 1.66. The number of nitrogens with zero attached hydrogens (tertiary/aromatic N) is 8. The van der Waals surface area contributed by atoms with Crippen molar-refractivity contribution in [3.63, 3.8) is 0 Å². The number of carbonyl (C=O) groups is 1. The second kappa shape index (κ2) is 10.1. The summed E-state index contributed by atoms with van der Waals surface area (Å²) >= 11 is 0. The van der Waals surface area contributed by atoms with Crippen molar-refractivity contribution in [3.8, 4) is 28.7 Å². The fourth-order valence-electron chi connectivity index (χ4n) is 4.66. The molecule has 11 heteroatoms. The number of rotatable bonds is 7. The van der Waals surface area contributed by atoms with Gasteiger partial charge in [0.05, 0.1) is 53.2 Å². The van der Waals surface area contributed by atoms with Crippen LogP contribution in [0, 0.1) is 11.3 Å². The molecule has 4 heterocycles. The lowest BCUT2D eigenvalue weighted by Crippen LogP contribution is -2.38. The first-order chi connectivity index (χ1) is 17.9. The molecule has 0 bridgehead atoms. The van der Waals surface area contributed by atoms with E-state index in [4.69, 9.17) is 10.7 Å². The molecule has 1 unspecified atom stereocenters. The van der Waals surface area contributed by atoms with Crippen molar-refractivity contribution in [2.24, 2.45) is 0 Å². The molecular weight excluding hydrogens is 470 g/mol. The lowest BCUT2D eigenvalue weighted by molar-refractivity contribution is -0.142. The van der Waals surface area contributed by atoms with Gasteiger partial charge in [0.15, 0.2) is 0 Å². The summed E-state index contributed by atoms with van der Waals surface area (Å²) in [5.41, 5.74) is 10.5. The zero-order chi connectivity index (χ0) is 25.9. The lowest BCUT2D eigenvalue weighted by atomic mass is 10.1. The van der Waals surface area contributed by atoms with E-state index < -0.39 is 12.0 Å². The average Bonchev–Trinajstić information content (AvgIpc) is 3.58. The molecule has 2 atom stereocenters. The van der Waals surface area contributed by atoms with Gasteiger partial charge in [-0.3, -0.25) is 14.7 Å². The average molecular weight is 496 g/mol. The number of pyridine rings is 1. The summed E-state index contributed by atoms with van der Waals surface area (Å²) in [6.45, 7) is 3.11. The zero-order valence-corrected chi connectivity index (χ0v) is 20.2. The van der Waals surface area contributed by atoms with Crippen LogP contribution in [0.1, 0.15) is 42.8 Å². The number of likely N-dealkylation sites (tertiary alicyclic amines) is 1. The molecule has 1 aliphatic heterocycles. The van der Waals surface area contributed by atoms with Crippen LogP contribution in [0.2, 0.25) is 0 Å². The third kappa shape index (κ3) is 5.14. The topological polar surface area (TPSA) is 160 Å². The molecule has 0 spiro atoms. The summed E-state index contributed by atoms with van der Waals surface area (Å²) in [6, 6.07) is 16.1. The van der Waals surface area contributed by atoms with Gasteiger partial charge in [0.2, 0.25) is 5.95 Å². The molecule has 11 nitrogen and oxygen atoms in total. The van der Waals surface area contributed by atoms with Crippen LogP contribution < -0.4 is 5.73 Å². The molecule has 0 amide bonds. The minimum atomic E-state index is -0.790. The van der Waals surface area contributed by atoms with Crippen molar-refractivity contribution >= 4 is 11.9 Å². The first-order valence-electron chi connectivity index (χ1n) is 11.9. The predicted octanol–water partition coefficient (Wildman–Crippen LogP) is 2.91. The molecule has 3 aromatic heterocycles. The van der Waals surface area contributed by atoms with Crippen LogP contribution in [0.4, 0.5) is 5.95 Å². The Hall–Kier alpha value is -4.69. The molecule has 1 aliphatic rings. The van der Waals surface area contributed by atoms with Gasteiger partial charge in [-0.25, -0.2) is 14.6 Å². The Morgan fingerprint density at radius 3 is 2.78 bits per heavy atom.